The van der Waals surface area contributed by atoms with E-state index >= 15 is 8.78 Å². The number of aromatic carboxylic acids is 1. The minimum atomic E-state index is -5.43. The number of carbonyl (C=O) groups is 3. The number of aromatic nitrogens is 5. The number of benzene rings is 3. The van der Waals surface area contributed by atoms with E-state index in [-0.39, 0.29) is 48.9 Å². The summed E-state index contributed by atoms with van der Waals surface area (Å²) in [6.45, 7) is 1.96. The lowest BCUT2D eigenvalue weighted by Gasteiger charge is -2.30. The molecule has 4 atom stereocenters. The molecular weight excluding hydrogens is 1240 g/mol. The zero-order valence-electron chi connectivity index (χ0n) is 44.8. The topological polar surface area (TPSA) is 273 Å². The Balaban J connectivity index is 1.30. The SMILES string of the molecule is Cc1cc(C(=O)O)cc(OP(=O)(O)O)c1C(C)(C)CC(=O)N(Cc1nn(CC(F)(F)F)c2c(-c3ccc(C#CC(C)(C)S(C)(=O)=O)nc3C(Cc3cc(F)cc(F)c3)NC(=O)Cn3nc(C(F)(F)F)c4c3C(F)(F)[C@@H]3C[C@H]43)ccc(Cl)c12)S(=O)O. The van der Waals surface area contributed by atoms with Crippen LogP contribution in [0.2, 0.25) is 5.02 Å². The number of phosphoric acid groups is 1. The van der Waals surface area contributed by atoms with E-state index in [2.05, 4.69) is 32.3 Å². The number of nitrogens with one attached hydrogen (secondary N) is 1. The quantitative estimate of drug-likeness (QED) is 0.0232. The van der Waals surface area contributed by atoms with Crippen LogP contribution in [0.25, 0.3) is 22.0 Å². The second-order valence-electron chi connectivity index (χ2n) is 21.4. The van der Waals surface area contributed by atoms with E-state index < -0.39 is 193 Å². The van der Waals surface area contributed by atoms with E-state index in [1.165, 1.54) is 34.6 Å². The van der Waals surface area contributed by atoms with Crippen LogP contribution in [0.1, 0.15) is 114 Å². The lowest BCUT2D eigenvalue weighted by Crippen LogP contribution is -2.37. The molecule has 3 heterocycles. The number of amides is 2. The van der Waals surface area contributed by atoms with Gasteiger partial charge in [-0.1, -0.05) is 37.4 Å². The van der Waals surface area contributed by atoms with Crippen molar-refractivity contribution in [1.29, 1.82) is 0 Å². The molecule has 0 spiro atoms. The summed E-state index contributed by atoms with van der Waals surface area (Å²) < 4.78 is 214. The lowest BCUT2D eigenvalue weighted by atomic mass is 9.78. The number of sulfone groups is 1. The van der Waals surface area contributed by atoms with Crippen LogP contribution in [0.5, 0.6) is 5.75 Å². The van der Waals surface area contributed by atoms with Gasteiger partial charge in [0.1, 0.15) is 46.6 Å². The van der Waals surface area contributed by atoms with E-state index in [0.29, 0.717) is 10.7 Å². The number of carboxylic acids is 1. The molecule has 19 nitrogen and oxygen atoms in total. The van der Waals surface area contributed by atoms with Gasteiger partial charge in [0.25, 0.3) is 17.2 Å². The maximum atomic E-state index is 15.7. The fourth-order valence-electron chi connectivity index (χ4n) is 10.3. The Bertz CT molecular complexity index is 4010. The number of hydrogen-bond donors (Lipinski definition) is 5. The summed E-state index contributed by atoms with van der Waals surface area (Å²) in [6, 6.07) is 6.58. The highest BCUT2D eigenvalue weighted by Gasteiger charge is 2.68. The van der Waals surface area contributed by atoms with Gasteiger partial charge in [0.15, 0.2) is 15.5 Å². The Morgan fingerprint density at radius 3 is 2.19 bits per heavy atom. The Labute approximate surface area is 483 Å². The first-order valence-corrected chi connectivity index (χ1v) is 29.7. The van der Waals surface area contributed by atoms with Gasteiger partial charge in [-0.25, -0.2) is 40.1 Å². The number of aryl methyl sites for hydroxylation is 1. The summed E-state index contributed by atoms with van der Waals surface area (Å²) >= 11 is 3.39. The van der Waals surface area contributed by atoms with Crippen LogP contribution in [0.3, 0.4) is 0 Å². The molecule has 8 rings (SSSR count). The monoisotopic (exact) mass is 1280 g/mol. The van der Waals surface area contributed by atoms with Crippen molar-refractivity contribution in [2.45, 2.75) is 114 Å². The maximum absolute atomic E-state index is 15.7. The summed E-state index contributed by atoms with van der Waals surface area (Å²) in [5.74, 6) is -8.72. The lowest BCUT2D eigenvalue weighted by molar-refractivity contribution is -0.143. The van der Waals surface area contributed by atoms with Crippen molar-refractivity contribution in [3.8, 4) is 28.7 Å². The minimum absolute atomic E-state index is 0.0204. The van der Waals surface area contributed by atoms with Crippen LogP contribution in [-0.4, -0.2) is 95.9 Å². The third kappa shape index (κ3) is 13.5. The predicted octanol–water partition coefficient (Wildman–Crippen LogP) is 9.60. The number of phosphoric ester groups is 1. The molecule has 456 valence electrons. The molecule has 0 aliphatic heterocycles. The third-order valence-electron chi connectivity index (χ3n) is 14.2. The van der Waals surface area contributed by atoms with Gasteiger partial charge in [0, 0.05) is 57.7 Å². The predicted molar refractivity (Wildman–Crippen MR) is 283 cm³/mol. The fourth-order valence-corrected chi connectivity index (χ4v) is 11.7. The summed E-state index contributed by atoms with van der Waals surface area (Å²) in [5, 5.41) is 18.7. The van der Waals surface area contributed by atoms with Crippen molar-refractivity contribution < 1.29 is 99.4 Å². The zero-order valence-corrected chi connectivity index (χ0v) is 48.1. The zero-order chi connectivity index (χ0) is 63.2. The molecule has 1 fully saturated rings. The molecule has 2 unspecified atom stereocenters. The first kappa shape index (κ1) is 64.1. The molecule has 85 heavy (non-hydrogen) atoms. The van der Waals surface area contributed by atoms with Crippen molar-refractivity contribution in [3.63, 3.8) is 0 Å². The summed E-state index contributed by atoms with van der Waals surface area (Å²) in [4.78, 5) is 64.4. The van der Waals surface area contributed by atoms with Gasteiger partial charge in [-0.2, -0.15) is 45.3 Å². The Kier molecular flexibility index (Phi) is 16.9. The van der Waals surface area contributed by atoms with Gasteiger partial charge in [-0.15, -0.1) is 0 Å². The minimum Gasteiger partial charge on any atom is -0.478 e. The molecule has 2 aliphatic rings. The van der Waals surface area contributed by atoms with Crippen LogP contribution in [0.15, 0.2) is 54.6 Å². The van der Waals surface area contributed by atoms with Crippen LogP contribution in [-0.2, 0) is 78.8 Å². The van der Waals surface area contributed by atoms with E-state index in [4.69, 9.17) is 16.1 Å². The maximum Gasteiger partial charge on any atom is 0.524 e. The van der Waals surface area contributed by atoms with Gasteiger partial charge in [0.2, 0.25) is 11.8 Å². The fraction of sp³-hybridized carbons (Fsp3) is 0.385. The molecule has 0 radical (unpaired) electrons. The Hall–Kier alpha value is -6.94. The van der Waals surface area contributed by atoms with Gasteiger partial charge in [-0.05, 0) is 99.0 Å². The number of pyridine rings is 1. The van der Waals surface area contributed by atoms with Gasteiger partial charge >= 0.3 is 26.1 Å². The smallest absolute Gasteiger partial charge is 0.478 e. The second kappa shape index (κ2) is 22.4. The average molecular weight is 1280 g/mol. The first-order valence-electron chi connectivity index (χ1n) is 24.8. The summed E-state index contributed by atoms with van der Waals surface area (Å²) in [5.41, 5.74) is -8.83. The third-order valence-corrected chi connectivity index (χ3v) is 17.6. The van der Waals surface area contributed by atoms with Crippen LogP contribution in [0, 0.1) is 36.3 Å². The molecule has 0 bridgehead atoms. The highest BCUT2D eigenvalue weighted by molar-refractivity contribution is 7.92. The molecule has 2 aliphatic carbocycles. The van der Waals surface area contributed by atoms with Crippen molar-refractivity contribution in [2.24, 2.45) is 5.92 Å². The van der Waals surface area contributed by atoms with E-state index in [9.17, 15) is 86.1 Å². The number of halogens is 11. The molecule has 3 aromatic heterocycles. The number of carboxylic acid groups (broad SMARTS) is 1. The second-order valence-corrected chi connectivity index (χ2v) is 26.5. The van der Waals surface area contributed by atoms with E-state index in [0.717, 1.165) is 54.8 Å². The number of fused-ring (bicyclic) bond motifs is 4. The number of rotatable bonds is 18. The van der Waals surface area contributed by atoms with Crippen molar-refractivity contribution >= 4 is 69.2 Å². The molecule has 0 saturated heterocycles. The average Bonchev–Trinajstić information content (AvgIpc) is 1.68. The highest BCUT2D eigenvalue weighted by Crippen LogP contribution is 2.68. The number of alkyl halides is 8. The number of nitrogens with zero attached hydrogens (tertiary/aromatic N) is 6. The molecule has 1 saturated carbocycles. The molecule has 2 amide bonds. The number of hydrogen-bond acceptors (Lipinski definition) is 11. The van der Waals surface area contributed by atoms with Crippen LogP contribution >= 0.6 is 19.4 Å². The molecular formula is C52H47ClF10N7O12PS2. The largest absolute Gasteiger partial charge is 0.524 e. The van der Waals surface area contributed by atoms with E-state index in [1.54, 1.807) is 0 Å². The Morgan fingerprint density at radius 1 is 0.976 bits per heavy atom. The van der Waals surface area contributed by atoms with Crippen molar-refractivity contribution in [3.05, 3.63) is 128 Å². The van der Waals surface area contributed by atoms with Crippen LogP contribution < -0.4 is 9.84 Å². The normalized spacial score (nSPS) is 16.7. The highest BCUT2D eigenvalue weighted by atomic mass is 35.5. The molecule has 5 N–H and O–H groups in total. The number of carbonyl (C=O) groups excluding carboxylic acids is 2. The Morgan fingerprint density at radius 2 is 1.61 bits per heavy atom. The van der Waals surface area contributed by atoms with Gasteiger partial charge in [0.05, 0.1) is 40.1 Å². The van der Waals surface area contributed by atoms with Gasteiger partial charge < -0.3 is 14.9 Å². The van der Waals surface area contributed by atoms with Crippen molar-refractivity contribution in [1.82, 2.24) is 34.2 Å². The molecule has 3 aromatic carbocycles. The standard InChI is InChI=1S/C52H47ClF10N7O12PS2/c1-24-13-26(47(73)74)17-37(82-83(75,76)77)42(24)48(2,3)20-39(72)70(84(78)79)21-36-41-34(53)10-9-31(44(41)69(66-36)23-50(56,57)58)30-8-7-29(11-12-49(4,5)85(6,80)81)64-43(30)35(16-25-14-27(54)18-28(55)15-25)65-38(71)22-68-46-40(45(67-68)52(61,62)63)32-19-33(32)51(46,59)60/h7-10,13-15,17-18,32-33,35H,16,19-23H2,1-6H3,(H,65,71)(H,73,74)(H,78,79)(H2,75,76,77)/t32-,33+,35?/m0/s1. The molecule has 33 heteroatoms. The van der Waals surface area contributed by atoms with Crippen molar-refractivity contribution in [2.75, 3.05) is 6.26 Å². The van der Waals surface area contributed by atoms with Gasteiger partial charge in [-0.3, -0.25) is 33.3 Å². The van der Waals surface area contributed by atoms with E-state index in [1.807, 2.05) is 0 Å². The molecule has 6 aromatic rings. The summed E-state index contributed by atoms with van der Waals surface area (Å²) in [7, 11) is -9.38. The summed E-state index contributed by atoms with van der Waals surface area (Å²) in [6.07, 6.45) is -11.4. The first-order chi connectivity index (χ1) is 39.0. The van der Waals surface area contributed by atoms with Crippen LogP contribution in [0.4, 0.5) is 43.9 Å².